The number of aliphatic hydroxyl groups is 31. The Labute approximate surface area is 849 Å². The van der Waals surface area contributed by atoms with E-state index in [1.807, 2.05) is 0 Å². The zero-order chi connectivity index (χ0) is 110. The first kappa shape index (κ1) is 123. The predicted molar refractivity (Wildman–Crippen MR) is 463 cm³/mol. The first-order valence-corrected chi connectivity index (χ1v) is 48.0. The zero-order valence-corrected chi connectivity index (χ0v) is 81.1. The van der Waals surface area contributed by atoms with E-state index in [4.69, 9.17) is 109 Å². The highest BCUT2D eigenvalue weighted by Gasteiger charge is 2.64. The summed E-state index contributed by atoms with van der Waals surface area (Å²) >= 11 is 0. The molecule has 0 spiro atoms. The van der Waals surface area contributed by atoms with Crippen LogP contribution in [0.2, 0.25) is 0 Å². The van der Waals surface area contributed by atoms with E-state index < -0.39 is 476 Å². The van der Waals surface area contributed by atoms with Gasteiger partial charge in [0.05, 0.1) is 78.8 Å². The summed E-state index contributed by atoms with van der Waals surface area (Å²) in [6.45, 7) is -6.20. The Hall–Kier alpha value is -5.34. The summed E-state index contributed by atoms with van der Waals surface area (Å²) < 4.78 is 140. The number of hydrogen-bond acceptors (Lipinski definition) is 60. The van der Waals surface area contributed by atoms with E-state index in [1.54, 1.807) is 0 Å². The normalized spacial score (nSPS) is 48.8. The van der Waals surface area contributed by atoms with Crippen LogP contribution < -0.4 is 31.9 Å². The van der Waals surface area contributed by atoms with Gasteiger partial charge in [-0.2, -0.15) is 0 Å². The lowest BCUT2D eigenvalue weighted by Crippen LogP contribution is -2.71. The van der Waals surface area contributed by atoms with Crippen molar-refractivity contribution in [3.05, 3.63) is 0 Å². The van der Waals surface area contributed by atoms with Crippen molar-refractivity contribution < 1.29 is 296 Å². The lowest BCUT2D eigenvalue weighted by atomic mass is 9.93. The lowest BCUT2D eigenvalue weighted by molar-refractivity contribution is -0.406. The highest BCUT2D eigenvalue weighted by atomic mass is 16.8. The summed E-state index contributed by atoms with van der Waals surface area (Å²) in [6, 6.07) is -11.9. The first-order chi connectivity index (χ1) is 70.9. The van der Waals surface area contributed by atoms with Gasteiger partial charge in [0, 0.05) is 41.5 Å². The number of amides is 6. The molecular weight excluding hydrogens is 2050 g/mol. The second kappa shape index (κ2) is 54.0. The van der Waals surface area contributed by atoms with Crippen molar-refractivity contribution in [2.45, 2.75) is 417 Å². The molecule has 1 unspecified atom stereocenters. The van der Waals surface area contributed by atoms with Gasteiger partial charge in [0.25, 0.3) is 0 Å². The summed E-state index contributed by atoms with van der Waals surface area (Å²) in [7, 11) is 0. The summed E-state index contributed by atoms with van der Waals surface area (Å²) in [5, 5.41) is 368. The Morgan fingerprint density at radius 1 is 0.187 bits per heavy atom. The van der Waals surface area contributed by atoms with Crippen molar-refractivity contribution in [1.82, 2.24) is 31.9 Å². The van der Waals surface area contributed by atoms with Crippen LogP contribution in [0.1, 0.15) is 48.5 Å². The van der Waals surface area contributed by atoms with Crippen LogP contribution in [-0.4, -0.2) is 635 Å². The molecule has 12 heterocycles. The van der Waals surface area contributed by atoms with Crippen LogP contribution in [0.25, 0.3) is 0 Å². The third kappa shape index (κ3) is 27.7. The Morgan fingerprint density at radius 3 is 0.820 bits per heavy atom. The molecule has 12 aliphatic heterocycles. The van der Waals surface area contributed by atoms with E-state index in [2.05, 4.69) is 31.9 Å². The van der Waals surface area contributed by atoms with Crippen LogP contribution in [0, 0.1) is 0 Å². The molecular formula is C84H140N6O60. The van der Waals surface area contributed by atoms with Crippen LogP contribution in [0.15, 0.2) is 0 Å². The number of ether oxygens (including phenoxy) is 23. The molecule has 6 amide bonds. The van der Waals surface area contributed by atoms with E-state index >= 15 is 0 Å². The van der Waals surface area contributed by atoms with Gasteiger partial charge >= 0.3 is 0 Å². The van der Waals surface area contributed by atoms with Crippen LogP contribution in [0.3, 0.4) is 0 Å². The van der Waals surface area contributed by atoms with Gasteiger partial charge < -0.3 is 299 Å². The van der Waals surface area contributed by atoms with E-state index in [-0.39, 0.29) is 0 Å². The maximum Gasteiger partial charge on any atom is 0.217 e. The summed E-state index contributed by atoms with van der Waals surface area (Å²) in [5.74, 6) is -5.90. The van der Waals surface area contributed by atoms with E-state index in [1.165, 1.54) is 6.92 Å². The van der Waals surface area contributed by atoms with E-state index in [0.717, 1.165) is 41.5 Å². The van der Waals surface area contributed by atoms with Crippen molar-refractivity contribution in [3.63, 3.8) is 0 Å². The van der Waals surface area contributed by atoms with Crippen LogP contribution in [0.5, 0.6) is 0 Å². The number of carbonyl (C=O) groups excluding carboxylic acids is 6. The van der Waals surface area contributed by atoms with E-state index in [0.29, 0.717) is 0 Å². The fourth-order valence-electron chi connectivity index (χ4n) is 19.5. The molecule has 12 saturated heterocycles. The Bertz CT molecular complexity index is 4240. The SMILES string of the molecule is CC(=O)N[C@H]1[C@H](O[C@H]2[C@H](O)[C@@H](NC(C)=O)C(O)O[C@@H]2CO[C@@H]2O[C@@H](C)[C@@H](O)[C@H](O)[C@@H]2O)O[C@H](CO)[C@@H](O[C@@H]2O[C@H](CO[C@H]3O[C@H](CO[C@@H]4O[C@H](CO)[C@@H](O)[C@H](O)[C@H]4NC(C)=O)[C@@H](O)[C@H](O)[C@@H]3O[C@@H]3O[C@H](CO)[C@@H](O)[C@H](O)[C@H]3NC(C)=O)[C@@H](O)[C@H](O[C@H]3O[C@H](CO)[C@@H](O[C@@H]4O[C@H](CO)[C@@H](O[C@@H]5O[C@H](CO)[C@H](O)[C@H](O)[C@H]5O)[C@H](O)[C@H]4NC(C)=O)[C@H](O)[C@@H]3O[C@@H]3O[C@H](CO)[C@@H](O[C@@H]4O[C@H](CO)[C@H](O)[C@H](O)[C@H]4O)[C@H](O)[C@H]3NC(C)=O)[C@@H]2O)[C@@H]1O. The van der Waals surface area contributed by atoms with E-state index in [9.17, 15) is 187 Å². The molecule has 12 aliphatic rings. The average molecular weight is 2190 g/mol. The van der Waals surface area contributed by atoms with Gasteiger partial charge in [0.1, 0.15) is 287 Å². The molecule has 0 aliphatic carbocycles. The van der Waals surface area contributed by atoms with Gasteiger partial charge in [-0.05, 0) is 6.92 Å². The Balaban J connectivity index is 0.954. The fraction of sp³-hybridized carbons (Fsp3) is 0.929. The van der Waals surface area contributed by atoms with Crippen molar-refractivity contribution >= 4 is 35.4 Å². The largest absolute Gasteiger partial charge is 0.394 e. The predicted octanol–water partition coefficient (Wildman–Crippen LogP) is -25.3. The van der Waals surface area contributed by atoms with Gasteiger partial charge in [-0.3, -0.25) is 28.8 Å². The molecule has 0 radical (unpaired) electrons. The highest BCUT2D eigenvalue weighted by Crippen LogP contribution is 2.43. The molecule has 66 heteroatoms. The highest BCUT2D eigenvalue weighted by molar-refractivity contribution is 5.75. The molecule has 12 fully saturated rings. The van der Waals surface area contributed by atoms with Crippen molar-refractivity contribution in [1.29, 1.82) is 0 Å². The number of carbonyl (C=O) groups is 6. The number of hydrogen-bond donors (Lipinski definition) is 37. The standard InChI is InChI=1S/C84H140N6O60/c1-19-43(105)56(118)60(122)79(131-19)129-18-36-69(52(114)37(73(127)132-36)85-20(2)99)144-77-41(89-24(6)103)54(116)67(32(14-97)138-77)147-82-64(126)70(49(111)35(141-82)17-130-83-71(149-75-39(87-22(4)101)51(113)45(107)27(9-92)134-75)59(121)48(110)34(142-83)16-128-74-38(86-21(3)100)50(112)44(106)26(8-91)133-74)148-84-72(150-78-42(90-25(7)104)55(117)66(31(13-96)139-78)146-81-62(124)58(120)47(109)29(11-94)136-81)63(125)68(33(15-98)140-84)143-76-40(88-23(5)102)53(115)65(30(12-95)137-76)145-80-61(123)57(119)46(108)28(10-93)135-80/h19,26-84,91-98,105-127H,8-18H2,1-7H3,(H,85,99)(H,86,100)(H,87,101)(H,88,102)(H,89,103)(H,90,104)/t19-,26+,27+,28+,29+,30+,31+,32+,33+,34+,35+,36+,37+,38+,39+,40+,41+,42+,43+,44+,45+,46-,47-,48+,49+,50+,51+,52+,53+,54+,55+,56-,57-,58-,59-,60-,61+,62+,63-,64-,65+,66+,67+,68+,69+,70-,71-,72-,73?,74+,75-,76-,77-,78-,79+,80-,81-,82-,83-,84+/m0/s1. The lowest BCUT2D eigenvalue weighted by Gasteiger charge is -2.52. The van der Waals surface area contributed by atoms with Gasteiger partial charge in [-0.1, -0.05) is 0 Å². The number of aliphatic hydroxyl groups excluding tert-OH is 31. The summed E-state index contributed by atoms with van der Waals surface area (Å²) in [6.07, 6.45) is -118. The molecule has 66 nitrogen and oxygen atoms in total. The molecule has 0 aromatic rings. The number of rotatable bonds is 39. The molecule has 0 bridgehead atoms. The minimum Gasteiger partial charge on any atom is -0.394 e. The average Bonchev–Trinajstić information content (AvgIpc) is 0.736. The van der Waals surface area contributed by atoms with Gasteiger partial charge in [0.15, 0.2) is 75.5 Å². The smallest absolute Gasteiger partial charge is 0.217 e. The number of nitrogens with one attached hydrogen (secondary N) is 6. The fourth-order valence-corrected chi connectivity index (χ4v) is 19.5. The molecule has 150 heavy (non-hydrogen) atoms. The van der Waals surface area contributed by atoms with Crippen LogP contribution in [0.4, 0.5) is 0 Å². The third-order valence-corrected chi connectivity index (χ3v) is 27.4. The summed E-state index contributed by atoms with van der Waals surface area (Å²) in [4.78, 5) is 78.5. The van der Waals surface area contributed by atoms with Gasteiger partial charge in [-0.15, -0.1) is 0 Å². The monoisotopic (exact) mass is 2190 g/mol. The van der Waals surface area contributed by atoms with Crippen molar-refractivity contribution in [3.8, 4) is 0 Å². The van der Waals surface area contributed by atoms with Gasteiger partial charge in [0.2, 0.25) is 35.4 Å². The minimum atomic E-state index is -2.84. The van der Waals surface area contributed by atoms with Gasteiger partial charge in [-0.25, -0.2) is 0 Å². The van der Waals surface area contributed by atoms with Crippen LogP contribution in [-0.2, 0) is 138 Å². The molecule has 866 valence electrons. The van der Waals surface area contributed by atoms with Crippen LogP contribution >= 0.6 is 0 Å². The molecule has 0 aromatic carbocycles. The quantitative estimate of drug-likeness (QED) is 0.0272. The zero-order valence-electron chi connectivity index (χ0n) is 81.1. The molecule has 37 N–H and O–H groups in total. The molecule has 0 saturated carbocycles. The Morgan fingerprint density at radius 2 is 0.427 bits per heavy atom. The second-order valence-electron chi connectivity index (χ2n) is 38.1. The Kier molecular flexibility index (Phi) is 44.4. The third-order valence-electron chi connectivity index (χ3n) is 27.4. The maximum absolute atomic E-state index is 13.6. The van der Waals surface area contributed by atoms with Crippen molar-refractivity contribution in [2.24, 2.45) is 0 Å². The molecule has 12 rings (SSSR count). The topological polar surface area (TPSA) is 1010 Å². The minimum absolute atomic E-state index is 0.852. The van der Waals surface area contributed by atoms with Crippen molar-refractivity contribution in [2.75, 3.05) is 72.7 Å². The molecule has 0 aromatic heterocycles. The molecule has 60 atom stereocenters. The maximum atomic E-state index is 13.6. The second-order valence-corrected chi connectivity index (χ2v) is 38.1. The summed E-state index contributed by atoms with van der Waals surface area (Å²) in [5.41, 5.74) is 0. The first-order valence-electron chi connectivity index (χ1n) is 48.0.